The molecule has 0 fully saturated rings. The summed E-state index contributed by atoms with van der Waals surface area (Å²) >= 11 is 6.03. The molecule has 6 nitrogen and oxygen atoms in total. The van der Waals surface area contributed by atoms with E-state index in [1.165, 1.54) is 12.2 Å². The number of rotatable bonds is 0. The molecule has 0 bridgehead atoms. The van der Waals surface area contributed by atoms with Crippen molar-refractivity contribution < 1.29 is 29.6 Å². The van der Waals surface area contributed by atoms with Crippen LogP contribution in [-0.2, 0) is 16.0 Å². The number of allylic oxidation sites excluding steroid dienone is 1. The highest BCUT2D eigenvalue weighted by atomic mass is 35.5. The van der Waals surface area contributed by atoms with Crippen LogP contribution in [0.4, 0.5) is 0 Å². The molecule has 1 aromatic carbocycles. The fourth-order valence-corrected chi connectivity index (χ4v) is 2.66. The van der Waals surface area contributed by atoms with Crippen molar-refractivity contribution in [2.45, 2.75) is 38.4 Å². The molecule has 1 aliphatic heterocycles. The van der Waals surface area contributed by atoms with Crippen molar-refractivity contribution in [2.75, 3.05) is 0 Å². The first-order chi connectivity index (χ1) is 11.8. The maximum atomic E-state index is 12.4. The second kappa shape index (κ2) is 8.18. The lowest BCUT2D eigenvalue weighted by Crippen LogP contribution is -2.18. The lowest BCUT2D eigenvalue weighted by Gasteiger charge is -2.16. The molecule has 0 saturated heterocycles. The number of ketones is 1. The second-order valence-electron chi connectivity index (χ2n) is 5.81. The van der Waals surface area contributed by atoms with Gasteiger partial charge in [-0.25, -0.2) is 4.79 Å². The van der Waals surface area contributed by atoms with Gasteiger partial charge >= 0.3 is 5.97 Å². The molecule has 0 saturated carbocycles. The molecule has 2 atom stereocenters. The fraction of sp³-hybridized carbons (Fsp3) is 0.333. The third-order valence-corrected chi connectivity index (χ3v) is 4.11. The van der Waals surface area contributed by atoms with Crippen molar-refractivity contribution in [1.29, 1.82) is 0 Å². The predicted molar refractivity (Wildman–Crippen MR) is 91.9 cm³/mol. The lowest BCUT2D eigenvalue weighted by molar-refractivity contribution is -0.114. The number of aliphatic hydroxyl groups is 1. The Hall–Kier alpha value is -2.31. The van der Waals surface area contributed by atoms with Crippen LogP contribution in [-0.4, -0.2) is 39.3 Å². The molecule has 1 heterocycles. The Kier molecular flexibility index (Phi) is 6.22. The van der Waals surface area contributed by atoms with Crippen LogP contribution in [0.2, 0.25) is 5.02 Å². The number of hydrogen-bond donors (Lipinski definition) is 3. The molecular formula is C18H19ClO6. The summed E-state index contributed by atoms with van der Waals surface area (Å²) in [5.74, 6) is -2.19. The maximum absolute atomic E-state index is 12.4. The average molecular weight is 367 g/mol. The number of benzene rings is 1. The Bertz CT molecular complexity index is 738. The molecular weight excluding hydrogens is 348 g/mol. The van der Waals surface area contributed by atoms with Crippen LogP contribution in [0, 0.1) is 0 Å². The van der Waals surface area contributed by atoms with Gasteiger partial charge in [0.05, 0.1) is 11.1 Å². The number of ether oxygens (including phenoxy) is 1. The Morgan fingerprint density at radius 2 is 1.88 bits per heavy atom. The van der Waals surface area contributed by atoms with Crippen molar-refractivity contribution in [1.82, 2.24) is 0 Å². The molecule has 0 aliphatic carbocycles. The van der Waals surface area contributed by atoms with E-state index < -0.39 is 35.5 Å². The lowest BCUT2D eigenvalue weighted by atomic mass is 9.99. The van der Waals surface area contributed by atoms with Gasteiger partial charge in [0.25, 0.3) is 0 Å². The van der Waals surface area contributed by atoms with E-state index in [-0.39, 0.29) is 29.0 Å². The van der Waals surface area contributed by atoms with Gasteiger partial charge < -0.3 is 20.1 Å². The Balaban J connectivity index is 2.49. The van der Waals surface area contributed by atoms with Gasteiger partial charge in [-0.05, 0) is 19.4 Å². The number of carbonyl (C=O) groups excluding carboxylic acids is 2. The van der Waals surface area contributed by atoms with Gasteiger partial charge in [0.15, 0.2) is 5.78 Å². The van der Waals surface area contributed by atoms with Crippen LogP contribution in [0.15, 0.2) is 30.4 Å². The van der Waals surface area contributed by atoms with E-state index in [4.69, 9.17) is 16.3 Å². The summed E-state index contributed by atoms with van der Waals surface area (Å²) in [6, 6.07) is 0.937. The SMILES string of the molecule is C[C@@H]1CC=C[C@@H](O)CC=CC(=O)Cc2c(Cl)c(O)cc(O)c2C(=O)O1. The summed E-state index contributed by atoms with van der Waals surface area (Å²) in [6.07, 6.45) is 5.06. The van der Waals surface area contributed by atoms with Gasteiger partial charge in [-0.1, -0.05) is 29.8 Å². The quantitative estimate of drug-likeness (QED) is 0.481. The number of phenolic OH excluding ortho intramolecular Hbond substituents is 2. The average Bonchev–Trinajstić information content (AvgIpc) is 2.51. The molecule has 3 N–H and O–H groups in total. The molecule has 25 heavy (non-hydrogen) atoms. The largest absolute Gasteiger partial charge is 0.507 e. The van der Waals surface area contributed by atoms with Crippen LogP contribution >= 0.6 is 11.6 Å². The Morgan fingerprint density at radius 3 is 2.60 bits per heavy atom. The number of fused-ring (bicyclic) bond motifs is 1. The molecule has 0 radical (unpaired) electrons. The highest BCUT2D eigenvalue weighted by molar-refractivity contribution is 6.33. The van der Waals surface area contributed by atoms with Gasteiger partial charge in [0, 0.05) is 24.5 Å². The Labute approximate surface area is 150 Å². The predicted octanol–water partition coefficient (Wildman–Crippen LogP) is 2.68. The summed E-state index contributed by atoms with van der Waals surface area (Å²) in [5.41, 5.74) is -0.239. The monoisotopic (exact) mass is 366 g/mol. The van der Waals surface area contributed by atoms with E-state index in [1.54, 1.807) is 19.1 Å². The fourth-order valence-electron chi connectivity index (χ4n) is 2.45. The highest BCUT2D eigenvalue weighted by Gasteiger charge is 2.25. The van der Waals surface area contributed by atoms with E-state index >= 15 is 0 Å². The summed E-state index contributed by atoms with van der Waals surface area (Å²) in [6.45, 7) is 1.66. The zero-order valence-electron chi connectivity index (χ0n) is 13.6. The molecule has 0 amide bonds. The zero-order valence-corrected chi connectivity index (χ0v) is 14.4. The third-order valence-electron chi connectivity index (χ3n) is 3.69. The maximum Gasteiger partial charge on any atom is 0.342 e. The first-order valence-corrected chi connectivity index (χ1v) is 8.15. The molecule has 1 aromatic rings. The van der Waals surface area contributed by atoms with E-state index in [0.29, 0.717) is 6.42 Å². The number of cyclic esters (lactones) is 1. The number of hydrogen-bond acceptors (Lipinski definition) is 6. The van der Waals surface area contributed by atoms with Gasteiger partial charge in [-0.3, -0.25) is 4.79 Å². The van der Waals surface area contributed by atoms with Gasteiger partial charge in [0.2, 0.25) is 0 Å². The Morgan fingerprint density at radius 1 is 1.16 bits per heavy atom. The smallest absolute Gasteiger partial charge is 0.342 e. The molecule has 0 aromatic heterocycles. The van der Waals surface area contributed by atoms with E-state index in [2.05, 4.69) is 0 Å². The second-order valence-corrected chi connectivity index (χ2v) is 6.19. The molecule has 134 valence electrons. The number of aliphatic hydroxyl groups excluding tert-OH is 1. The normalized spacial score (nSPS) is 22.2. The number of halogens is 1. The van der Waals surface area contributed by atoms with Crippen LogP contribution in [0.5, 0.6) is 11.5 Å². The summed E-state index contributed by atoms with van der Waals surface area (Å²) in [7, 11) is 0. The summed E-state index contributed by atoms with van der Waals surface area (Å²) in [4.78, 5) is 24.5. The van der Waals surface area contributed by atoms with Crippen LogP contribution in [0.25, 0.3) is 0 Å². The molecule has 2 rings (SSSR count). The van der Waals surface area contributed by atoms with Crippen molar-refractivity contribution in [3.05, 3.63) is 46.5 Å². The number of esters is 1. The van der Waals surface area contributed by atoms with Crippen LogP contribution < -0.4 is 0 Å². The molecule has 0 spiro atoms. The first-order valence-electron chi connectivity index (χ1n) is 7.78. The summed E-state index contributed by atoms with van der Waals surface area (Å²) < 4.78 is 5.27. The van der Waals surface area contributed by atoms with E-state index in [9.17, 15) is 24.9 Å². The first kappa shape index (κ1) is 19.0. The van der Waals surface area contributed by atoms with Gasteiger partial charge in [-0.2, -0.15) is 0 Å². The van der Waals surface area contributed by atoms with Crippen LogP contribution in [0.1, 0.15) is 35.7 Å². The van der Waals surface area contributed by atoms with Crippen molar-refractivity contribution in [3.63, 3.8) is 0 Å². The van der Waals surface area contributed by atoms with Crippen molar-refractivity contribution >= 4 is 23.4 Å². The minimum atomic E-state index is -0.843. The van der Waals surface area contributed by atoms with Crippen LogP contribution in [0.3, 0.4) is 0 Å². The number of phenols is 2. The summed E-state index contributed by atoms with van der Waals surface area (Å²) in [5, 5.41) is 29.4. The van der Waals surface area contributed by atoms with Crippen molar-refractivity contribution in [3.8, 4) is 11.5 Å². The van der Waals surface area contributed by atoms with Gasteiger partial charge in [-0.15, -0.1) is 0 Å². The topological polar surface area (TPSA) is 104 Å². The van der Waals surface area contributed by atoms with E-state index in [1.807, 2.05) is 0 Å². The minimum Gasteiger partial charge on any atom is -0.507 e. The van der Waals surface area contributed by atoms with E-state index in [0.717, 1.165) is 6.07 Å². The third kappa shape index (κ3) is 4.84. The van der Waals surface area contributed by atoms with Crippen molar-refractivity contribution in [2.24, 2.45) is 0 Å². The minimum absolute atomic E-state index is 0.000772. The number of aromatic hydroxyl groups is 2. The molecule has 0 unspecified atom stereocenters. The molecule has 7 heteroatoms. The van der Waals surface area contributed by atoms with Gasteiger partial charge in [0.1, 0.15) is 23.2 Å². The highest BCUT2D eigenvalue weighted by Crippen LogP contribution is 2.37. The molecule has 1 aliphatic rings. The zero-order chi connectivity index (χ0) is 18.6. The number of carbonyl (C=O) groups is 2. The standard InChI is InChI=1S/C18H19ClO6/c1-10-4-2-5-11(20)6-3-7-12(21)8-13-16(18(24)25-10)14(22)9-15(23)17(13)19/h2-3,5,7,9-11,20,22-23H,4,6,8H2,1H3/t10-,11-/m1/s1.